The second kappa shape index (κ2) is 7.00. The van der Waals surface area contributed by atoms with Crippen LogP contribution in [0.15, 0.2) is 47.5 Å². The first-order valence-electron chi connectivity index (χ1n) is 7.21. The summed E-state index contributed by atoms with van der Waals surface area (Å²) in [6, 6.07) is 3.13. The number of ether oxygens (including phenoxy) is 1. The van der Waals surface area contributed by atoms with E-state index in [1.165, 1.54) is 25.6 Å². The molecule has 120 valence electrons. The molecule has 1 amide bonds. The van der Waals surface area contributed by atoms with E-state index in [4.69, 9.17) is 4.74 Å². The van der Waals surface area contributed by atoms with Crippen LogP contribution in [-0.2, 0) is 14.3 Å². The van der Waals surface area contributed by atoms with Gasteiger partial charge in [0.15, 0.2) is 11.5 Å². The molecule has 2 rings (SSSR count). The largest absolute Gasteiger partial charge is 0.492 e. The van der Waals surface area contributed by atoms with Crippen LogP contribution >= 0.6 is 0 Å². The van der Waals surface area contributed by atoms with Crippen LogP contribution in [0, 0.1) is 5.92 Å². The molecule has 0 saturated heterocycles. The van der Waals surface area contributed by atoms with Crippen molar-refractivity contribution >= 4 is 17.5 Å². The van der Waals surface area contributed by atoms with Crippen LogP contribution in [0.25, 0.3) is 0 Å². The molecule has 0 bridgehead atoms. The lowest BCUT2D eigenvalue weighted by atomic mass is 9.88. The molecule has 23 heavy (non-hydrogen) atoms. The molecule has 1 N–H and O–H groups in total. The number of amides is 1. The van der Waals surface area contributed by atoms with Crippen molar-refractivity contribution in [2.75, 3.05) is 13.7 Å². The van der Waals surface area contributed by atoms with Crippen LogP contribution < -0.4 is 5.32 Å². The number of hydrogen-bond donors (Lipinski definition) is 1. The summed E-state index contributed by atoms with van der Waals surface area (Å²) in [6.45, 7) is 3.61. The molecule has 0 fully saturated rings. The van der Waals surface area contributed by atoms with Crippen molar-refractivity contribution in [1.29, 1.82) is 0 Å². The Bertz CT molecular complexity index is 703. The maximum Gasteiger partial charge on any atom is 0.251 e. The third kappa shape index (κ3) is 3.53. The first-order valence-corrected chi connectivity index (χ1v) is 7.21. The lowest BCUT2D eigenvalue weighted by molar-refractivity contribution is -0.118. The molecule has 0 spiro atoms. The van der Waals surface area contributed by atoms with Gasteiger partial charge in [-0.15, -0.1) is 0 Å². The maximum atomic E-state index is 12.4. The zero-order valence-electron chi connectivity index (χ0n) is 13.3. The minimum absolute atomic E-state index is 0.0377. The van der Waals surface area contributed by atoms with Gasteiger partial charge in [-0.1, -0.05) is 13.8 Å². The molecule has 1 aromatic rings. The molecule has 1 heterocycles. The second-order valence-electron chi connectivity index (χ2n) is 5.38. The van der Waals surface area contributed by atoms with Gasteiger partial charge in [0.2, 0.25) is 5.78 Å². The molecule has 0 aliphatic heterocycles. The summed E-state index contributed by atoms with van der Waals surface area (Å²) in [4.78, 5) is 40.4. The topological polar surface area (TPSA) is 85.4 Å². The van der Waals surface area contributed by atoms with E-state index in [2.05, 4.69) is 10.3 Å². The summed E-state index contributed by atoms with van der Waals surface area (Å²) in [7, 11) is 1.36. The van der Waals surface area contributed by atoms with Gasteiger partial charge in [0.1, 0.15) is 0 Å². The van der Waals surface area contributed by atoms with Crippen molar-refractivity contribution < 1.29 is 19.1 Å². The highest BCUT2D eigenvalue weighted by atomic mass is 16.5. The Balaban J connectivity index is 2.13. The number of pyridine rings is 1. The van der Waals surface area contributed by atoms with E-state index in [1.54, 1.807) is 12.1 Å². The number of rotatable bonds is 5. The van der Waals surface area contributed by atoms with Gasteiger partial charge in [-0.25, -0.2) is 0 Å². The van der Waals surface area contributed by atoms with Gasteiger partial charge in [-0.2, -0.15) is 0 Å². The number of ketones is 2. The summed E-state index contributed by atoms with van der Waals surface area (Å²) in [5, 5.41) is 2.62. The molecule has 0 radical (unpaired) electrons. The number of carbonyl (C=O) groups excluding carboxylic acids is 3. The van der Waals surface area contributed by atoms with Gasteiger partial charge in [-0.3, -0.25) is 19.4 Å². The van der Waals surface area contributed by atoms with Crippen molar-refractivity contribution in [2.24, 2.45) is 5.92 Å². The van der Waals surface area contributed by atoms with Gasteiger partial charge in [0.25, 0.3) is 5.91 Å². The molecular weight excluding hydrogens is 296 g/mol. The molecule has 1 aliphatic rings. The first kappa shape index (κ1) is 16.6. The van der Waals surface area contributed by atoms with Crippen molar-refractivity contribution in [3.63, 3.8) is 0 Å². The average molecular weight is 314 g/mol. The molecule has 0 aromatic carbocycles. The molecule has 6 heteroatoms. The van der Waals surface area contributed by atoms with Crippen LogP contribution in [0.4, 0.5) is 0 Å². The summed E-state index contributed by atoms with van der Waals surface area (Å²) in [6.07, 6.45) is 4.28. The quantitative estimate of drug-likeness (QED) is 0.831. The van der Waals surface area contributed by atoms with E-state index in [-0.39, 0.29) is 41.3 Å². The lowest BCUT2D eigenvalue weighted by Crippen LogP contribution is -2.32. The molecule has 1 aromatic heterocycles. The predicted molar refractivity (Wildman–Crippen MR) is 83.5 cm³/mol. The Morgan fingerprint density at radius 1 is 1.26 bits per heavy atom. The standard InChI is InChI=1S/C17H18N2O4/c1-10(2)14-13(20)8-12(15(21)16(14)23-3)9-19-17(22)11-4-6-18-7-5-11/h4-8,10H,9H2,1-3H3,(H,19,22). The van der Waals surface area contributed by atoms with Crippen molar-refractivity contribution in [1.82, 2.24) is 10.3 Å². The van der Waals surface area contributed by atoms with Crippen molar-refractivity contribution in [3.05, 3.63) is 53.1 Å². The SMILES string of the molecule is COC1=C(C(C)C)C(=O)C=C(CNC(=O)c2ccncc2)C1=O. The van der Waals surface area contributed by atoms with Crippen molar-refractivity contribution in [3.8, 4) is 0 Å². The van der Waals surface area contributed by atoms with Crippen LogP contribution in [0.3, 0.4) is 0 Å². The summed E-state index contributed by atoms with van der Waals surface area (Å²) >= 11 is 0. The van der Waals surface area contributed by atoms with E-state index in [9.17, 15) is 14.4 Å². The van der Waals surface area contributed by atoms with E-state index in [0.29, 0.717) is 11.1 Å². The van der Waals surface area contributed by atoms with E-state index in [1.807, 2.05) is 13.8 Å². The summed E-state index contributed by atoms with van der Waals surface area (Å²) in [5.41, 5.74) is 1.00. The number of allylic oxidation sites excluding steroid dienone is 3. The number of Topliss-reactive ketones (excluding diaryl/α,β-unsaturated/α-hetero) is 1. The minimum atomic E-state index is -0.370. The minimum Gasteiger partial charge on any atom is -0.492 e. The number of hydrogen-bond acceptors (Lipinski definition) is 5. The molecular formula is C17H18N2O4. The molecule has 1 aliphatic carbocycles. The zero-order valence-corrected chi connectivity index (χ0v) is 13.3. The maximum absolute atomic E-state index is 12.4. The van der Waals surface area contributed by atoms with Gasteiger partial charge in [-0.05, 0) is 24.1 Å². The monoisotopic (exact) mass is 314 g/mol. The van der Waals surface area contributed by atoms with Gasteiger partial charge in [0, 0.05) is 35.6 Å². The third-order valence-electron chi connectivity index (χ3n) is 3.48. The van der Waals surface area contributed by atoms with Crippen molar-refractivity contribution in [2.45, 2.75) is 13.8 Å². The molecule has 0 saturated carbocycles. The fraction of sp³-hybridized carbons (Fsp3) is 0.294. The molecule has 0 unspecified atom stereocenters. The predicted octanol–water partition coefficient (Wildman–Crippen LogP) is 1.45. The highest BCUT2D eigenvalue weighted by Crippen LogP contribution is 2.25. The Labute approximate surface area is 134 Å². The Kier molecular flexibility index (Phi) is 5.05. The number of nitrogens with one attached hydrogen (secondary N) is 1. The fourth-order valence-corrected chi connectivity index (χ4v) is 2.34. The lowest BCUT2D eigenvalue weighted by Gasteiger charge is -2.20. The third-order valence-corrected chi connectivity index (χ3v) is 3.48. The Hall–Kier alpha value is -2.76. The van der Waals surface area contributed by atoms with Crippen LogP contribution in [0.2, 0.25) is 0 Å². The molecule has 0 atom stereocenters. The highest BCUT2D eigenvalue weighted by molar-refractivity contribution is 6.22. The smallest absolute Gasteiger partial charge is 0.251 e. The Morgan fingerprint density at radius 2 is 1.91 bits per heavy atom. The fourth-order valence-electron chi connectivity index (χ4n) is 2.34. The van der Waals surface area contributed by atoms with E-state index >= 15 is 0 Å². The van der Waals surface area contributed by atoms with Crippen LogP contribution in [0.5, 0.6) is 0 Å². The van der Waals surface area contributed by atoms with Crippen LogP contribution in [-0.4, -0.2) is 36.1 Å². The summed E-state index contributed by atoms with van der Waals surface area (Å²) < 4.78 is 5.12. The number of nitrogens with zero attached hydrogens (tertiary/aromatic N) is 1. The van der Waals surface area contributed by atoms with Gasteiger partial charge >= 0.3 is 0 Å². The van der Waals surface area contributed by atoms with E-state index in [0.717, 1.165) is 0 Å². The first-order chi connectivity index (χ1) is 11.0. The van der Waals surface area contributed by atoms with E-state index < -0.39 is 0 Å². The molecule has 6 nitrogen and oxygen atoms in total. The number of carbonyl (C=O) groups is 3. The second-order valence-corrected chi connectivity index (χ2v) is 5.38. The average Bonchev–Trinajstić information content (AvgIpc) is 2.54. The Morgan fingerprint density at radius 3 is 2.48 bits per heavy atom. The summed E-state index contributed by atoms with van der Waals surface area (Å²) in [5.74, 6) is -1.03. The number of aromatic nitrogens is 1. The normalized spacial score (nSPS) is 14.9. The zero-order chi connectivity index (χ0) is 17.0. The van der Waals surface area contributed by atoms with Gasteiger partial charge < -0.3 is 10.1 Å². The number of methoxy groups -OCH3 is 1. The van der Waals surface area contributed by atoms with Crippen LogP contribution in [0.1, 0.15) is 24.2 Å². The highest BCUT2D eigenvalue weighted by Gasteiger charge is 2.31. The van der Waals surface area contributed by atoms with Gasteiger partial charge in [0.05, 0.1) is 7.11 Å².